The summed E-state index contributed by atoms with van der Waals surface area (Å²) in [5, 5.41) is 4.52. The first-order chi connectivity index (χ1) is 25.3. The molecule has 0 spiro atoms. The number of furan rings is 1. The Hall–Kier alpha value is -6.63. The zero-order valence-electron chi connectivity index (χ0n) is 27.3. The SMILES string of the molecule is c1ccc(-c2nc(-c3ccccc3)nc(-c3cccc4sc5cc(N(c6ccccc6)c6ccc7oc8ccccc8c7c6)ccc5c34)n2)cc1. The van der Waals surface area contributed by atoms with E-state index in [4.69, 9.17) is 19.4 Å². The van der Waals surface area contributed by atoms with Gasteiger partial charge in [-0.1, -0.05) is 115 Å². The van der Waals surface area contributed by atoms with Gasteiger partial charge < -0.3 is 9.32 Å². The Bertz CT molecular complexity index is 2810. The second-order valence-electron chi connectivity index (χ2n) is 12.4. The Morgan fingerprint density at radius 1 is 0.412 bits per heavy atom. The van der Waals surface area contributed by atoms with Gasteiger partial charge in [-0.05, 0) is 54.6 Å². The summed E-state index contributed by atoms with van der Waals surface area (Å²) < 4.78 is 8.54. The summed E-state index contributed by atoms with van der Waals surface area (Å²) in [6.45, 7) is 0. The number of hydrogen-bond donors (Lipinski definition) is 0. The van der Waals surface area contributed by atoms with Crippen molar-refractivity contribution in [3.8, 4) is 34.2 Å². The van der Waals surface area contributed by atoms with Crippen LogP contribution in [0.1, 0.15) is 0 Å². The van der Waals surface area contributed by atoms with Crippen LogP contribution in [0.15, 0.2) is 174 Å². The van der Waals surface area contributed by atoms with Gasteiger partial charge in [0.2, 0.25) is 0 Å². The Morgan fingerprint density at radius 2 is 1.02 bits per heavy atom. The van der Waals surface area contributed by atoms with Gasteiger partial charge in [-0.25, -0.2) is 15.0 Å². The van der Waals surface area contributed by atoms with Crippen LogP contribution in [0.25, 0.3) is 76.3 Å². The zero-order chi connectivity index (χ0) is 33.7. The molecule has 6 heteroatoms. The number of nitrogens with zero attached hydrogens (tertiary/aromatic N) is 4. The van der Waals surface area contributed by atoms with Gasteiger partial charge in [-0.2, -0.15) is 0 Å². The van der Waals surface area contributed by atoms with E-state index in [1.807, 2.05) is 72.8 Å². The second kappa shape index (κ2) is 12.1. The number of aromatic nitrogens is 3. The average molecular weight is 673 g/mol. The molecule has 3 heterocycles. The number of rotatable bonds is 6. The molecule has 0 aliphatic carbocycles. The van der Waals surface area contributed by atoms with Gasteiger partial charge in [0.1, 0.15) is 11.2 Å². The Morgan fingerprint density at radius 3 is 1.76 bits per heavy atom. The minimum absolute atomic E-state index is 0.652. The maximum Gasteiger partial charge on any atom is 0.164 e. The van der Waals surface area contributed by atoms with Crippen molar-refractivity contribution in [3.05, 3.63) is 170 Å². The molecule has 0 fully saturated rings. The third-order valence-corrected chi connectivity index (χ3v) is 10.4. The van der Waals surface area contributed by atoms with Crippen molar-refractivity contribution in [3.63, 3.8) is 0 Å². The van der Waals surface area contributed by atoms with Crippen LogP contribution in [0.4, 0.5) is 17.1 Å². The number of anilines is 3. The average Bonchev–Trinajstić information content (AvgIpc) is 3.77. The van der Waals surface area contributed by atoms with Crippen LogP contribution in [0.2, 0.25) is 0 Å². The lowest BCUT2D eigenvalue weighted by Gasteiger charge is -2.25. The van der Waals surface area contributed by atoms with Crippen LogP contribution in [0.5, 0.6) is 0 Å². The van der Waals surface area contributed by atoms with Crippen LogP contribution < -0.4 is 4.90 Å². The topological polar surface area (TPSA) is 55.1 Å². The lowest BCUT2D eigenvalue weighted by atomic mass is 10.0. The highest BCUT2D eigenvalue weighted by Gasteiger charge is 2.20. The molecule has 10 aromatic rings. The number of para-hydroxylation sites is 2. The van der Waals surface area contributed by atoms with E-state index in [9.17, 15) is 0 Å². The molecule has 0 radical (unpaired) electrons. The maximum absolute atomic E-state index is 6.17. The Balaban J connectivity index is 1.14. The molecule has 0 unspecified atom stereocenters. The first-order valence-electron chi connectivity index (χ1n) is 16.9. The molecule has 0 atom stereocenters. The fourth-order valence-electron chi connectivity index (χ4n) is 6.95. The van der Waals surface area contributed by atoms with E-state index in [2.05, 4.69) is 102 Å². The summed E-state index contributed by atoms with van der Waals surface area (Å²) >= 11 is 1.79. The van der Waals surface area contributed by atoms with Gasteiger partial charge in [0.25, 0.3) is 0 Å². The smallest absolute Gasteiger partial charge is 0.164 e. The molecule has 0 amide bonds. The van der Waals surface area contributed by atoms with Gasteiger partial charge in [-0.3, -0.25) is 0 Å². The molecule has 240 valence electrons. The number of thiophene rings is 1. The van der Waals surface area contributed by atoms with Crippen molar-refractivity contribution in [1.29, 1.82) is 0 Å². The third kappa shape index (κ3) is 5.12. The molecule has 5 nitrogen and oxygen atoms in total. The molecule has 7 aromatic carbocycles. The summed E-state index contributed by atoms with van der Waals surface area (Å²) in [5.41, 5.74) is 7.88. The fraction of sp³-hybridized carbons (Fsp3) is 0. The van der Waals surface area contributed by atoms with Crippen molar-refractivity contribution < 1.29 is 4.42 Å². The number of hydrogen-bond acceptors (Lipinski definition) is 6. The second-order valence-corrected chi connectivity index (χ2v) is 13.5. The van der Waals surface area contributed by atoms with Gasteiger partial charge in [0, 0.05) is 64.7 Å². The highest BCUT2D eigenvalue weighted by molar-refractivity contribution is 7.26. The number of benzene rings is 7. The standard InChI is InChI=1S/C45H28N4OS/c1-4-13-29(14-5-1)43-46-44(30-15-6-2-7-16-30)48-45(47-43)36-20-12-22-40-42(36)35-25-23-33(28-41(35)51-40)49(31-17-8-3-9-18-31)32-24-26-39-37(27-32)34-19-10-11-21-38(34)50-39/h1-28H. The van der Waals surface area contributed by atoms with Crippen LogP contribution in [0.3, 0.4) is 0 Å². The highest BCUT2D eigenvalue weighted by atomic mass is 32.1. The van der Waals surface area contributed by atoms with Crippen LogP contribution in [-0.4, -0.2) is 15.0 Å². The molecule has 0 saturated carbocycles. The van der Waals surface area contributed by atoms with E-state index in [-0.39, 0.29) is 0 Å². The molecular weight excluding hydrogens is 645 g/mol. The van der Waals surface area contributed by atoms with Crippen molar-refractivity contribution in [1.82, 2.24) is 15.0 Å². The predicted molar refractivity (Wildman–Crippen MR) is 211 cm³/mol. The summed E-state index contributed by atoms with van der Waals surface area (Å²) in [6.07, 6.45) is 0. The van der Waals surface area contributed by atoms with Gasteiger partial charge in [0.15, 0.2) is 17.5 Å². The van der Waals surface area contributed by atoms with Crippen LogP contribution in [0, 0.1) is 0 Å². The predicted octanol–water partition coefficient (Wildman–Crippen LogP) is 12.6. The minimum atomic E-state index is 0.652. The maximum atomic E-state index is 6.17. The molecule has 3 aromatic heterocycles. The minimum Gasteiger partial charge on any atom is -0.456 e. The third-order valence-electron chi connectivity index (χ3n) is 9.31. The number of fused-ring (bicyclic) bond motifs is 6. The largest absolute Gasteiger partial charge is 0.456 e. The van der Waals surface area contributed by atoms with E-state index in [1.165, 1.54) is 14.8 Å². The quantitative estimate of drug-likeness (QED) is 0.176. The molecule has 0 N–H and O–H groups in total. The van der Waals surface area contributed by atoms with Crippen LogP contribution >= 0.6 is 11.3 Å². The Labute approximate surface area is 297 Å². The van der Waals surface area contributed by atoms with Crippen LogP contribution in [-0.2, 0) is 0 Å². The van der Waals surface area contributed by atoms with E-state index in [0.29, 0.717) is 17.5 Å². The van der Waals surface area contributed by atoms with Crippen molar-refractivity contribution >= 4 is 70.5 Å². The first-order valence-corrected chi connectivity index (χ1v) is 17.7. The van der Waals surface area contributed by atoms with Crippen molar-refractivity contribution in [2.24, 2.45) is 0 Å². The molecule has 0 aliphatic heterocycles. The van der Waals surface area contributed by atoms with E-state index < -0.39 is 0 Å². The fourth-order valence-corrected chi connectivity index (χ4v) is 8.11. The molecule has 0 bridgehead atoms. The van der Waals surface area contributed by atoms with Gasteiger partial charge in [0.05, 0.1) is 0 Å². The zero-order valence-corrected chi connectivity index (χ0v) is 28.1. The summed E-state index contributed by atoms with van der Waals surface area (Å²) in [5.74, 6) is 1.96. The lowest BCUT2D eigenvalue weighted by molar-refractivity contribution is 0.669. The summed E-state index contributed by atoms with van der Waals surface area (Å²) in [7, 11) is 0. The molecular formula is C45H28N4OS. The van der Waals surface area contributed by atoms with E-state index >= 15 is 0 Å². The normalized spacial score (nSPS) is 11.5. The molecule has 0 saturated heterocycles. The van der Waals surface area contributed by atoms with Crippen molar-refractivity contribution in [2.45, 2.75) is 0 Å². The van der Waals surface area contributed by atoms with E-state index in [0.717, 1.165) is 61.1 Å². The highest BCUT2D eigenvalue weighted by Crippen LogP contribution is 2.44. The molecule has 51 heavy (non-hydrogen) atoms. The van der Waals surface area contributed by atoms with Crippen molar-refractivity contribution in [2.75, 3.05) is 4.90 Å². The summed E-state index contributed by atoms with van der Waals surface area (Å²) in [6, 6.07) is 58.6. The first kappa shape index (κ1) is 29.3. The van der Waals surface area contributed by atoms with Gasteiger partial charge >= 0.3 is 0 Å². The van der Waals surface area contributed by atoms with Gasteiger partial charge in [-0.15, -0.1) is 11.3 Å². The molecule has 10 rings (SSSR count). The Kier molecular flexibility index (Phi) is 6.93. The lowest BCUT2D eigenvalue weighted by Crippen LogP contribution is -2.09. The van der Waals surface area contributed by atoms with E-state index in [1.54, 1.807) is 11.3 Å². The summed E-state index contributed by atoms with van der Waals surface area (Å²) in [4.78, 5) is 17.4. The monoisotopic (exact) mass is 672 g/mol. The molecule has 0 aliphatic rings.